The number of pyridine rings is 1. The highest BCUT2D eigenvalue weighted by molar-refractivity contribution is 9.10. The van der Waals surface area contributed by atoms with Crippen LogP contribution in [0.15, 0.2) is 22.8 Å². The molecule has 0 aliphatic carbocycles. The summed E-state index contributed by atoms with van der Waals surface area (Å²) in [5.74, 6) is -0.00472. The van der Waals surface area contributed by atoms with E-state index in [2.05, 4.69) is 32.9 Å². The number of halogens is 1. The maximum absolute atomic E-state index is 12.6. The number of likely N-dealkylation sites (N-methyl/N-ethyl adjacent to an activating group) is 1. The number of fused-ring (bicyclic) bond motifs is 1. The van der Waals surface area contributed by atoms with E-state index in [0.717, 1.165) is 30.6 Å². The summed E-state index contributed by atoms with van der Waals surface area (Å²) in [6.45, 7) is 3.16. The van der Waals surface area contributed by atoms with E-state index in [0.29, 0.717) is 18.3 Å². The molecule has 0 saturated carbocycles. The number of amides is 1. The summed E-state index contributed by atoms with van der Waals surface area (Å²) >= 11 is 3.40. The summed E-state index contributed by atoms with van der Waals surface area (Å²) in [7, 11) is 2.10. The SMILES string of the molecule is CN1CCO[C@@H]2CCN(C(=O)c3ncccc3Br)C[C@H]21. The second-order valence-electron chi connectivity index (χ2n) is 5.33. The van der Waals surface area contributed by atoms with Gasteiger partial charge in [0.2, 0.25) is 0 Å². The van der Waals surface area contributed by atoms with Crippen LogP contribution in [0.5, 0.6) is 0 Å². The van der Waals surface area contributed by atoms with E-state index in [1.807, 2.05) is 17.0 Å². The summed E-state index contributed by atoms with van der Waals surface area (Å²) < 4.78 is 6.56. The fraction of sp³-hybridized carbons (Fsp3) is 0.571. The average molecular weight is 340 g/mol. The third kappa shape index (κ3) is 2.60. The van der Waals surface area contributed by atoms with Crippen molar-refractivity contribution in [2.24, 2.45) is 0 Å². The van der Waals surface area contributed by atoms with Crippen molar-refractivity contribution in [2.45, 2.75) is 18.6 Å². The van der Waals surface area contributed by atoms with Gasteiger partial charge in [-0.2, -0.15) is 0 Å². The Morgan fingerprint density at radius 2 is 2.35 bits per heavy atom. The van der Waals surface area contributed by atoms with Crippen LogP contribution < -0.4 is 0 Å². The van der Waals surface area contributed by atoms with Gasteiger partial charge in [0.25, 0.3) is 5.91 Å². The van der Waals surface area contributed by atoms with Crippen LogP contribution in [0.25, 0.3) is 0 Å². The minimum atomic E-state index is -0.00472. The molecule has 1 aromatic heterocycles. The highest BCUT2D eigenvalue weighted by Gasteiger charge is 2.37. The number of carbonyl (C=O) groups excluding carboxylic acids is 1. The molecule has 5 nitrogen and oxygen atoms in total. The van der Waals surface area contributed by atoms with Gasteiger partial charge >= 0.3 is 0 Å². The maximum atomic E-state index is 12.6. The highest BCUT2D eigenvalue weighted by atomic mass is 79.9. The minimum absolute atomic E-state index is 0.00472. The number of likely N-dealkylation sites (tertiary alicyclic amines) is 1. The lowest BCUT2D eigenvalue weighted by Crippen LogP contribution is -2.59. The highest BCUT2D eigenvalue weighted by Crippen LogP contribution is 2.24. The van der Waals surface area contributed by atoms with Crippen LogP contribution in [0.3, 0.4) is 0 Å². The van der Waals surface area contributed by atoms with E-state index in [4.69, 9.17) is 4.74 Å². The third-order valence-corrected chi connectivity index (χ3v) is 4.75. The van der Waals surface area contributed by atoms with Gasteiger partial charge < -0.3 is 9.64 Å². The van der Waals surface area contributed by atoms with Crippen LogP contribution in [-0.4, -0.2) is 66.1 Å². The van der Waals surface area contributed by atoms with Crippen molar-refractivity contribution < 1.29 is 9.53 Å². The van der Waals surface area contributed by atoms with Gasteiger partial charge in [0.05, 0.1) is 18.8 Å². The molecule has 0 spiro atoms. The quantitative estimate of drug-likeness (QED) is 0.775. The third-order valence-electron chi connectivity index (χ3n) is 4.11. The number of piperidine rings is 1. The Kier molecular flexibility index (Phi) is 4.05. The van der Waals surface area contributed by atoms with Crippen molar-refractivity contribution in [1.29, 1.82) is 0 Å². The fourth-order valence-corrected chi connectivity index (χ4v) is 3.34. The van der Waals surface area contributed by atoms with Crippen molar-refractivity contribution in [1.82, 2.24) is 14.8 Å². The molecule has 20 heavy (non-hydrogen) atoms. The Labute approximate surface area is 127 Å². The number of hydrogen-bond donors (Lipinski definition) is 0. The molecular formula is C14H18BrN3O2. The first kappa shape index (κ1) is 14.0. The van der Waals surface area contributed by atoms with E-state index in [-0.39, 0.29) is 12.0 Å². The Hall–Kier alpha value is -0.980. The monoisotopic (exact) mass is 339 g/mol. The van der Waals surface area contributed by atoms with Crippen LogP contribution in [0.2, 0.25) is 0 Å². The molecule has 108 valence electrons. The van der Waals surface area contributed by atoms with Gasteiger partial charge in [-0.05, 0) is 41.5 Å². The zero-order valence-electron chi connectivity index (χ0n) is 11.5. The Morgan fingerprint density at radius 1 is 1.50 bits per heavy atom. The van der Waals surface area contributed by atoms with Gasteiger partial charge in [0.1, 0.15) is 5.69 Å². The molecule has 0 unspecified atom stereocenters. The molecule has 2 aliphatic heterocycles. The molecule has 2 aliphatic rings. The van der Waals surface area contributed by atoms with Crippen LogP contribution in [0.1, 0.15) is 16.9 Å². The normalized spacial score (nSPS) is 27.2. The molecule has 2 atom stereocenters. The molecule has 6 heteroatoms. The Balaban J connectivity index is 1.75. The van der Waals surface area contributed by atoms with Gasteiger partial charge in [-0.1, -0.05) is 0 Å². The summed E-state index contributed by atoms with van der Waals surface area (Å²) in [5.41, 5.74) is 0.491. The molecule has 3 rings (SSSR count). The molecule has 0 radical (unpaired) electrons. The standard InChI is InChI=1S/C14H18BrN3O2/c1-17-7-8-20-12-4-6-18(9-11(12)17)14(19)13-10(15)3-2-5-16-13/h2-3,5,11-12H,4,6-9H2,1H3/t11-,12-/m1/s1. The van der Waals surface area contributed by atoms with Crippen LogP contribution >= 0.6 is 15.9 Å². The molecule has 1 amide bonds. The van der Waals surface area contributed by atoms with Crippen molar-refractivity contribution >= 4 is 21.8 Å². The molecule has 0 bridgehead atoms. The lowest BCUT2D eigenvalue weighted by atomic mass is 9.99. The van der Waals surface area contributed by atoms with Crippen molar-refractivity contribution in [2.75, 3.05) is 33.3 Å². The fourth-order valence-electron chi connectivity index (χ4n) is 2.92. The van der Waals surface area contributed by atoms with Crippen LogP contribution in [0, 0.1) is 0 Å². The second-order valence-corrected chi connectivity index (χ2v) is 6.19. The summed E-state index contributed by atoms with van der Waals surface area (Å²) in [5, 5.41) is 0. The van der Waals surface area contributed by atoms with E-state index in [1.54, 1.807) is 6.20 Å². The van der Waals surface area contributed by atoms with Gasteiger partial charge in [-0.3, -0.25) is 9.69 Å². The number of rotatable bonds is 1. The largest absolute Gasteiger partial charge is 0.375 e. The summed E-state index contributed by atoms with van der Waals surface area (Å²) in [4.78, 5) is 21.0. The van der Waals surface area contributed by atoms with Crippen molar-refractivity contribution in [3.05, 3.63) is 28.5 Å². The zero-order valence-corrected chi connectivity index (χ0v) is 13.0. The topological polar surface area (TPSA) is 45.7 Å². The average Bonchev–Trinajstić information content (AvgIpc) is 2.47. The van der Waals surface area contributed by atoms with Crippen LogP contribution in [-0.2, 0) is 4.74 Å². The zero-order chi connectivity index (χ0) is 14.1. The summed E-state index contributed by atoms with van der Waals surface area (Å²) in [6.07, 6.45) is 2.80. The predicted octanol–water partition coefficient (Wildman–Crippen LogP) is 1.39. The smallest absolute Gasteiger partial charge is 0.273 e. The molecule has 2 saturated heterocycles. The van der Waals surface area contributed by atoms with E-state index in [1.165, 1.54) is 0 Å². The maximum Gasteiger partial charge on any atom is 0.273 e. The van der Waals surface area contributed by atoms with E-state index in [9.17, 15) is 4.79 Å². The number of hydrogen-bond acceptors (Lipinski definition) is 4. The van der Waals surface area contributed by atoms with Gasteiger partial charge in [-0.15, -0.1) is 0 Å². The molecule has 2 fully saturated rings. The molecule has 3 heterocycles. The number of aromatic nitrogens is 1. The van der Waals surface area contributed by atoms with Gasteiger partial charge in [0, 0.05) is 30.3 Å². The minimum Gasteiger partial charge on any atom is -0.375 e. The lowest BCUT2D eigenvalue weighted by molar-refractivity contribution is -0.0894. The summed E-state index contributed by atoms with van der Waals surface area (Å²) in [6, 6.07) is 3.96. The van der Waals surface area contributed by atoms with Gasteiger partial charge in [-0.25, -0.2) is 4.98 Å². The van der Waals surface area contributed by atoms with Crippen molar-refractivity contribution in [3.8, 4) is 0 Å². The number of morpholine rings is 1. The van der Waals surface area contributed by atoms with E-state index >= 15 is 0 Å². The molecule has 0 N–H and O–H groups in total. The molecule has 1 aromatic rings. The van der Waals surface area contributed by atoms with Crippen LogP contribution in [0.4, 0.5) is 0 Å². The number of nitrogens with zero attached hydrogens (tertiary/aromatic N) is 3. The first-order valence-electron chi connectivity index (χ1n) is 6.88. The molecular weight excluding hydrogens is 322 g/mol. The molecule has 0 aromatic carbocycles. The van der Waals surface area contributed by atoms with Crippen molar-refractivity contribution in [3.63, 3.8) is 0 Å². The number of carbonyl (C=O) groups is 1. The van der Waals surface area contributed by atoms with E-state index < -0.39 is 0 Å². The number of ether oxygens (including phenoxy) is 1. The second kappa shape index (κ2) is 5.79. The Bertz CT molecular complexity index is 511. The predicted molar refractivity (Wildman–Crippen MR) is 78.6 cm³/mol. The van der Waals surface area contributed by atoms with Gasteiger partial charge in [0.15, 0.2) is 0 Å². The lowest BCUT2D eigenvalue weighted by Gasteiger charge is -2.45. The first-order chi connectivity index (χ1) is 9.66. The Morgan fingerprint density at radius 3 is 3.15 bits per heavy atom. The first-order valence-corrected chi connectivity index (χ1v) is 7.68.